The molecule has 6 nitrogen and oxygen atoms in total. The molecular weight excluding hydrogens is 512 g/mol. The third kappa shape index (κ3) is 4.66. The summed E-state index contributed by atoms with van der Waals surface area (Å²) in [4.78, 5) is -0.188. The molecule has 0 fully saturated rings. The lowest BCUT2D eigenvalue weighted by Crippen LogP contribution is -2.52. The lowest BCUT2D eigenvalue weighted by atomic mass is 10.0. The van der Waals surface area contributed by atoms with Crippen LogP contribution in [0.5, 0.6) is 11.5 Å². The van der Waals surface area contributed by atoms with Crippen molar-refractivity contribution in [1.82, 2.24) is 0 Å². The predicted octanol–water partition coefficient (Wildman–Crippen LogP) is 5.52. The van der Waals surface area contributed by atoms with E-state index in [1.54, 1.807) is 44.2 Å². The second-order valence-corrected chi connectivity index (χ2v) is 10.5. The van der Waals surface area contributed by atoms with Crippen molar-refractivity contribution in [1.29, 1.82) is 0 Å². The highest BCUT2D eigenvalue weighted by Gasteiger charge is 2.40. The van der Waals surface area contributed by atoms with Gasteiger partial charge in [-0.2, -0.15) is 0 Å². The first-order chi connectivity index (χ1) is 17.1. The number of hydrogen-bond acceptors (Lipinski definition) is 5. The van der Waals surface area contributed by atoms with Gasteiger partial charge in [-0.25, -0.2) is 17.2 Å². The molecule has 0 spiro atoms. The molecule has 1 N–H and O–H groups in total. The topological polar surface area (TPSA) is 76.1 Å². The highest BCUT2D eigenvalue weighted by Crippen LogP contribution is 2.41. The van der Waals surface area contributed by atoms with Crippen LogP contribution in [-0.4, -0.2) is 39.4 Å². The largest absolute Gasteiger partial charge is 0.494 e. The smallest absolute Gasteiger partial charge is 0.264 e. The zero-order valence-corrected chi connectivity index (χ0v) is 21.3. The van der Waals surface area contributed by atoms with Crippen molar-refractivity contribution in [2.75, 3.05) is 18.0 Å². The molecule has 1 aliphatic rings. The van der Waals surface area contributed by atoms with Gasteiger partial charge in [-0.15, -0.1) is 0 Å². The molecule has 0 bridgehead atoms. The molecule has 36 heavy (non-hydrogen) atoms. The Morgan fingerprint density at radius 1 is 1.17 bits per heavy atom. The van der Waals surface area contributed by atoms with E-state index >= 15 is 0 Å². The molecule has 0 aliphatic carbocycles. The van der Waals surface area contributed by atoms with Crippen molar-refractivity contribution in [3.8, 4) is 11.5 Å². The van der Waals surface area contributed by atoms with Crippen LogP contribution in [0.25, 0.3) is 11.6 Å². The molecular formula is C26H24ClF2NO5S. The predicted molar refractivity (Wildman–Crippen MR) is 135 cm³/mol. The quantitative estimate of drug-likeness (QED) is 0.420. The summed E-state index contributed by atoms with van der Waals surface area (Å²) >= 11 is 6.19. The number of halogens is 3. The van der Waals surface area contributed by atoms with E-state index in [1.807, 2.05) is 0 Å². The number of allylic oxidation sites excluding steroid dienone is 1. The average molecular weight is 536 g/mol. The monoisotopic (exact) mass is 535 g/mol. The van der Waals surface area contributed by atoms with Gasteiger partial charge in [-0.05, 0) is 61.4 Å². The van der Waals surface area contributed by atoms with Crippen molar-refractivity contribution < 1.29 is 31.8 Å². The molecule has 3 aromatic carbocycles. The lowest BCUT2D eigenvalue weighted by molar-refractivity contribution is 0.0925. The summed E-state index contributed by atoms with van der Waals surface area (Å²) in [5.41, 5.74) is 1.57. The van der Waals surface area contributed by atoms with Crippen molar-refractivity contribution in [2.45, 2.75) is 30.9 Å². The molecule has 0 unspecified atom stereocenters. The van der Waals surface area contributed by atoms with Gasteiger partial charge >= 0.3 is 0 Å². The molecule has 0 saturated carbocycles. The van der Waals surface area contributed by atoms with Crippen LogP contribution in [0.1, 0.15) is 25.0 Å². The number of nitrogens with zero attached hydrogens (tertiary/aromatic N) is 1. The van der Waals surface area contributed by atoms with Gasteiger partial charge < -0.3 is 14.6 Å². The van der Waals surface area contributed by atoms with Crippen LogP contribution in [0.15, 0.2) is 59.5 Å². The molecule has 4 rings (SSSR count). The maximum atomic E-state index is 14.4. The number of sulfonamides is 1. The van der Waals surface area contributed by atoms with Gasteiger partial charge in [0.2, 0.25) is 0 Å². The Labute approximate surface area is 213 Å². The SMILES string of the molecule is COc1cc(S(=O)(=O)N2c3cc(/C=C(\C)c4c(F)cccc4Cl)ccc3O[C@@H](CO)[C@H]2C)ccc1F. The Morgan fingerprint density at radius 3 is 2.58 bits per heavy atom. The fraction of sp³-hybridized carbons (Fsp3) is 0.231. The Kier molecular flexibility index (Phi) is 7.26. The number of anilines is 1. The van der Waals surface area contributed by atoms with Gasteiger partial charge in [0, 0.05) is 11.6 Å². The number of fused-ring (bicyclic) bond motifs is 1. The number of methoxy groups -OCH3 is 1. The highest BCUT2D eigenvalue weighted by atomic mass is 35.5. The number of ether oxygens (including phenoxy) is 2. The number of aliphatic hydroxyl groups excluding tert-OH is 1. The van der Waals surface area contributed by atoms with Crippen molar-refractivity contribution in [3.63, 3.8) is 0 Å². The van der Waals surface area contributed by atoms with Gasteiger partial charge in [0.25, 0.3) is 10.0 Å². The minimum Gasteiger partial charge on any atom is -0.494 e. The van der Waals surface area contributed by atoms with Crippen molar-refractivity contribution in [3.05, 3.63) is 82.4 Å². The van der Waals surface area contributed by atoms with E-state index < -0.39 is 40.4 Å². The van der Waals surface area contributed by atoms with E-state index in [9.17, 15) is 22.3 Å². The van der Waals surface area contributed by atoms with Crippen LogP contribution >= 0.6 is 11.6 Å². The summed E-state index contributed by atoms with van der Waals surface area (Å²) in [6, 6.07) is 11.7. The fourth-order valence-electron chi connectivity index (χ4n) is 4.18. The van der Waals surface area contributed by atoms with Gasteiger partial charge in [0.1, 0.15) is 17.7 Å². The van der Waals surface area contributed by atoms with E-state index in [-0.39, 0.29) is 32.7 Å². The van der Waals surface area contributed by atoms with E-state index in [0.29, 0.717) is 11.1 Å². The molecule has 0 saturated heterocycles. The van der Waals surface area contributed by atoms with Crippen LogP contribution in [0.2, 0.25) is 5.02 Å². The number of hydrogen-bond donors (Lipinski definition) is 1. The summed E-state index contributed by atoms with van der Waals surface area (Å²) < 4.78 is 67.9. The van der Waals surface area contributed by atoms with Crippen LogP contribution in [-0.2, 0) is 10.0 Å². The zero-order valence-electron chi connectivity index (χ0n) is 19.7. The summed E-state index contributed by atoms with van der Waals surface area (Å²) in [6.07, 6.45) is 0.842. The highest BCUT2D eigenvalue weighted by molar-refractivity contribution is 7.92. The molecule has 2 atom stereocenters. The first-order valence-corrected chi connectivity index (χ1v) is 12.8. The first-order valence-electron chi connectivity index (χ1n) is 11.0. The minimum atomic E-state index is -4.23. The molecule has 0 aromatic heterocycles. The molecule has 0 amide bonds. The van der Waals surface area contributed by atoms with E-state index in [4.69, 9.17) is 21.1 Å². The van der Waals surface area contributed by atoms with E-state index in [0.717, 1.165) is 22.5 Å². The van der Waals surface area contributed by atoms with Gasteiger partial charge in [-0.1, -0.05) is 29.8 Å². The van der Waals surface area contributed by atoms with Crippen LogP contribution in [0.4, 0.5) is 14.5 Å². The first kappa shape index (κ1) is 25.9. The lowest BCUT2D eigenvalue weighted by Gasteiger charge is -2.40. The Hall–Kier alpha value is -3.14. The summed E-state index contributed by atoms with van der Waals surface area (Å²) in [5, 5.41) is 10.1. The maximum absolute atomic E-state index is 14.4. The fourth-order valence-corrected chi connectivity index (χ4v) is 6.19. The zero-order chi connectivity index (χ0) is 26.2. The molecule has 190 valence electrons. The van der Waals surface area contributed by atoms with Crippen LogP contribution in [0, 0.1) is 11.6 Å². The van der Waals surface area contributed by atoms with Gasteiger partial charge in [0.05, 0.1) is 35.4 Å². The second kappa shape index (κ2) is 10.1. The van der Waals surface area contributed by atoms with E-state index in [1.165, 1.54) is 19.2 Å². The minimum absolute atomic E-state index is 0.188. The molecule has 10 heteroatoms. The van der Waals surface area contributed by atoms with Crippen LogP contribution in [0.3, 0.4) is 0 Å². The Bertz CT molecular complexity index is 1420. The summed E-state index contributed by atoms with van der Waals surface area (Å²) in [5.74, 6) is -1.16. The standard InChI is InChI=1S/C26H24ClF2NO5S/c1-15(26-19(27)5-4-6-21(26)29)11-17-7-10-23-22(12-17)30(16(2)25(14-31)35-23)36(32,33)18-8-9-20(28)24(13-18)34-3/h4-13,16,25,31H,14H2,1-3H3/b15-11+/t16-,25+/m1/s1. The van der Waals surface area contributed by atoms with Crippen LogP contribution < -0.4 is 13.8 Å². The summed E-state index contributed by atoms with van der Waals surface area (Å²) in [6.45, 7) is 2.88. The number of benzene rings is 3. The average Bonchev–Trinajstić information content (AvgIpc) is 2.83. The second-order valence-electron chi connectivity index (χ2n) is 8.33. The third-order valence-corrected chi connectivity index (χ3v) is 8.22. The number of aliphatic hydroxyl groups is 1. The molecule has 1 aliphatic heterocycles. The molecule has 1 heterocycles. The summed E-state index contributed by atoms with van der Waals surface area (Å²) in [7, 11) is -2.99. The Morgan fingerprint density at radius 2 is 1.92 bits per heavy atom. The Balaban J connectivity index is 1.85. The number of rotatable bonds is 6. The van der Waals surface area contributed by atoms with Crippen molar-refractivity contribution >= 4 is 39.0 Å². The van der Waals surface area contributed by atoms with Gasteiger partial charge in [0.15, 0.2) is 11.6 Å². The van der Waals surface area contributed by atoms with E-state index in [2.05, 4.69) is 0 Å². The normalized spacial score (nSPS) is 18.0. The molecule has 3 aromatic rings. The maximum Gasteiger partial charge on any atom is 0.264 e. The van der Waals surface area contributed by atoms with Gasteiger partial charge in [-0.3, -0.25) is 4.31 Å². The van der Waals surface area contributed by atoms with Crippen molar-refractivity contribution in [2.24, 2.45) is 0 Å². The third-order valence-electron chi connectivity index (χ3n) is 6.01. The molecule has 0 radical (unpaired) electrons.